The van der Waals surface area contributed by atoms with Crippen LogP contribution >= 0.6 is 15.9 Å². The third kappa shape index (κ3) is 10.4. The Hall–Kier alpha value is -0.0500. The van der Waals surface area contributed by atoms with Gasteiger partial charge in [0.2, 0.25) is 5.91 Å². The number of nitrogens with one attached hydrogen (secondary N) is 1. The van der Waals surface area contributed by atoms with Crippen LogP contribution < -0.4 is 5.32 Å². The third-order valence-corrected chi connectivity index (χ3v) is 4.27. The van der Waals surface area contributed by atoms with Crippen LogP contribution in [0.5, 0.6) is 0 Å². The molecule has 0 saturated carbocycles. The molecule has 0 aromatic carbocycles. The monoisotopic (exact) mass is 333 g/mol. The largest absolute Gasteiger partial charge is 0.351 e. The van der Waals surface area contributed by atoms with Crippen LogP contribution in [0.25, 0.3) is 0 Å². The quantitative estimate of drug-likeness (QED) is 0.386. The first-order chi connectivity index (χ1) is 9.08. The molecule has 0 bridgehead atoms. The Labute approximate surface area is 128 Å². The Bertz CT molecular complexity index is 233. The summed E-state index contributed by atoms with van der Waals surface area (Å²) in [5.41, 5.74) is -0.0400. The van der Waals surface area contributed by atoms with E-state index in [1.165, 1.54) is 38.5 Å². The van der Waals surface area contributed by atoms with Crippen LogP contribution in [-0.4, -0.2) is 16.8 Å². The molecule has 0 radical (unpaired) electrons. The minimum absolute atomic E-state index is 0.0400. The van der Waals surface area contributed by atoms with Gasteiger partial charge in [0.15, 0.2) is 0 Å². The number of amides is 1. The number of carbonyl (C=O) groups is 1. The fourth-order valence-corrected chi connectivity index (χ4v) is 3.05. The Balaban J connectivity index is 3.63. The maximum absolute atomic E-state index is 11.9. The number of halogens is 1. The fraction of sp³-hybridized carbons (Fsp3) is 0.938. The van der Waals surface area contributed by atoms with Crippen LogP contribution in [0.3, 0.4) is 0 Å². The standard InChI is InChI=1S/C16H32BrNO/c1-4-6-7-8-9-10-11-12-15(19)18-16(3,5-2)13-14-17/h4-14H2,1-3H3,(H,18,19). The molecule has 0 aliphatic heterocycles. The fourth-order valence-electron chi connectivity index (χ4n) is 2.18. The number of hydrogen-bond donors (Lipinski definition) is 1. The van der Waals surface area contributed by atoms with Crippen LogP contribution in [-0.2, 0) is 4.79 Å². The molecule has 0 rings (SSSR count). The van der Waals surface area contributed by atoms with E-state index in [2.05, 4.69) is 42.0 Å². The van der Waals surface area contributed by atoms with Crippen molar-refractivity contribution in [3.05, 3.63) is 0 Å². The van der Waals surface area contributed by atoms with Gasteiger partial charge in [0.05, 0.1) is 0 Å². The minimum atomic E-state index is -0.0400. The van der Waals surface area contributed by atoms with Gasteiger partial charge in [-0.05, 0) is 26.2 Å². The predicted molar refractivity (Wildman–Crippen MR) is 87.9 cm³/mol. The Morgan fingerprint density at radius 3 is 2.16 bits per heavy atom. The van der Waals surface area contributed by atoms with Crippen molar-refractivity contribution >= 4 is 21.8 Å². The van der Waals surface area contributed by atoms with Crippen LogP contribution in [0.4, 0.5) is 0 Å². The molecule has 1 N–H and O–H groups in total. The van der Waals surface area contributed by atoms with Crippen molar-refractivity contribution in [3.8, 4) is 0 Å². The van der Waals surface area contributed by atoms with Crippen LogP contribution in [0.15, 0.2) is 0 Å². The number of hydrogen-bond acceptors (Lipinski definition) is 1. The van der Waals surface area contributed by atoms with E-state index in [0.717, 1.165) is 24.6 Å². The van der Waals surface area contributed by atoms with E-state index in [-0.39, 0.29) is 11.4 Å². The highest BCUT2D eigenvalue weighted by Crippen LogP contribution is 2.16. The molecule has 1 atom stereocenters. The molecule has 0 aliphatic carbocycles. The van der Waals surface area contributed by atoms with Crippen molar-refractivity contribution in [2.45, 2.75) is 90.5 Å². The lowest BCUT2D eigenvalue weighted by molar-refractivity contribution is -0.123. The molecule has 1 unspecified atom stereocenters. The highest BCUT2D eigenvalue weighted by Gasteiger charge is 2.22. The van der Waals surface area contributed by atoms with Crippen LogP contribution in [0.2, 0.25) is 0 Å². The lowest BCUT2D eigenvalue weighted by Crippen LogP contribution is -2.45. The number of unbranched alkanes of at least 4 members (excludes halogenated alkanes) is 6. The van der Waals surface area contributed by atoms with E-state index < -0.39 is 0 Å². The predicted octanol–water partition coefficient (Wildman–Crippen LogP) is 5.20. The molecule has 0 aliphatic rings. The normalized spacial score (nSPS) is 14.1. The van der Waals surface area contributed by atoms with E-state index in [4.69, 9.17) is 0 Å². The summed E-state index contributed by atoms with van der Waals surface area (Å²) < 4.78 is 0. The molecule has 0 saturated heterocycles. The van der Waals surface area contributed by atoms with Gasteiger partial charge in [-0.3, -0.25) is 4.79 Å². The Morgan fingerprint density at radius 2 is 1.63 bits per heavy atom. The number of alkyl halides is 1. The molecule has 0 heterocycles. The van der Waals surface area contributed by atoms with Gasteiger partial charge in [-0.1, -0.05) is 68.3 Å². The van der Waals surface area contributed by atoms with Gasteiger partial charge in [0.25, 0.3) is 0 Å². The van der Waals surface area contributed by atoms with E-state index in [0.29, 0.717) is 6.42 Å². The Morgan fingerprint density at radius 1 is 1.05 bits per heavy atom. The van der Waals surface area contributed by atoms with Crippen molar-refractivity contribution in [3.63, 3.8) is 0 Å². The summed E-state index contributed by atoms with van der Waals surface area (Å²) in [6.45, 7) is 6.51. The van der Waals surface area contributed by atoms with Gasteiger partial charge in [0.1, 0.15) is 0 Å². The van der Waals surface area contributed by atoms with Gasteiger partial charge in [-0.15, -0.1) is 0 Å². The Kier molecular flexibility index (Phi) is 11.7. The average Bonchev–Trinajstić information content (AvgIpc) is 2.38. The lowest BCUT2D eigenvalue weighted by Gasteiger charge is -2.29. The molecule has 19 heavy (non-hydrogen) atoms. The summed E-state index contributed by atoms with van der Waals surface area (Å²) in [6, 6.07) is 0. The third-order valence-electron chi connectivity index (χ3n) is 3.88. The second-order valence-corrected chi connectivity index (χ2v) is 6.57. The second-order valence-electron chi connectivity index (χ2n) is 5.77. The lowest BCUT2D eigenvalue weighted by atomic mass is 9.95. The van der Waals surface area contributed by atoms with Crippen molar-refractivity contribution < 1.29 is 4.79 Å². The summed E-state index contributed by atoms with van der Waals surface area (Å²) in [5, 5.41) is 4.13. The van der Waals surface area contributed by atoms with Gasteiger partial charge < -0.3 is 5.32 Å². The van der Waals surface area contributed by atoms with E-state index >= 15 is 0 Å². The second kappa shape index (κ2) is 11.7. The molecule has 114 valence electrons. The molecular formula is C16H32BrNO. The van der Waals surface area contributed by atoms with Crippen molar-refractivity contribution in [1.82, 2.24) is 5.32 Å². The first kappa shape index (κ1) is 18.9. The molecule has 0 aromatic heterocycles. The van der Waals surface area contributed by atoms with E-state index in [1.54, 1.807) is 0 Å². The van der Waals surface area contributed by atoms with Crippen LogP contribution in [0.1, 0.15) is 85.0 Å². The van der Waals surface area contributed by atoms with E-state index in [9.17, 15) is 4.79 Å². The maximum Gasteiger partial charge on any atom is 0.220 e. The van der Waals surface area contributed by atoms with Gasteiger partial charge in [-0.2, -0.15) is 0 Å². The summed E-state index contributed by atoms with van der Waals surface area (Å²) in [4.78, 5) is 11.9. The van der Waals surface area contributed by atoms with Crippen molar-refractivity contribution in [2.75, 3.05) is 5.33 Å². The number of carbonyl (C=O) groups excluding carboxylic acids is 1. The van der Waals surface area contributed by atoms with Gasteiger partial charge >= 0.3 is 0 Å². The zero-order chi connectivity index (χ0) is 14.6. The number of rotatable bonds is 12. The molecule has 0 aromatic rings. The maximum atomic E-state index is 11.9. The van der Waals surface area contributed by atoms with Crippen LogP contribution in [0, 0.1) is 0 Å². The first-order valence-electron chi connectivity index (χ1n) is 7.95. The molecule has 1 amide bonds. The van der Waals surface area contributed by atoms with E-state index in [1.807, 2.05) is 0 Å². The summed E-state index contributed by atoms with van der Waals surface area (Å²) in [6.07, 6.45) is 11.5. The minimum Gasteiger partial charge on any atom is -0.351 e. The highest BCUT2D eigenvalue weighted by atomic mass is 79.9. The molecule has 0 spiro atoms. The smallest absolute Gasteiger partial charge is 0.220 e. The van der Waals surface area contributed by atoms with Gasteiger partial charge in [0, 0.05) is 17.3 Å². The van der Waals surface area contributed by atoms with Crippen molar-refractivity contribution in [1.29, 1.82) is 0 Å². The average molecular weight is 334 g/mol. The summed E-state index contributed by atoms with van der Waals surface area (Å²) in [5.74, 6) is 0.221. The zero-order valence-corrected chi connectivity index (χ0v) is 14.7. The summed E-state index contributed by atoms with van der Waals surface area (Å²) >= 11 is 3.46. The van der Waals surface area contributed by atoms with Crippen molar-refractivity contribution in [2.24, 2.45) is 0 Å². The SMILES string of the molecule is CCCCCCCCCC(=O)NC(C)(CC)CCBr. The topological polar surface area (TPSA) is 29.1 Å². The first-order valence-corrected chi connectivity index (χ1v) is 9.07. The zero-order valence-electron chi connectivity index (χ0n) is 13.1. The molecular weight excluding hydrogens is 302 g/mol. The molecule has 0 fully saturated rings. The molecule has 2 nitrogen and oxygen atoms in total. The summed E-state index contributed by atoms with van der Waals surface area (Å²) in [7, 11) is 0. The highest BCUT2D eigenvalue weighted by molar-refractivity contribution is 9.09. The van der Waals surface area contributed by atoms with Gasteiger partial charge in [-0.25, -0.2) is 0 Å². The molecule has 3 heteroatoms.